The van der Waals surface area contributed by atoms with Crippen molar-refractivity contribution in [3.63, 3.8) is 0 Å². The number of sulfone groups is 1. The molecule has 2 aromatic rings. The summed E-state index contributed by atoms with van der Waals surface area (Å²) < 4.78 is 23.1. The van der Waals surface area contributed by atoms with Gasteiger partial charge in [0.15, 0.2) is 9.84 Å². The standard InChI is InChI=1S/C15H16N2O3S/c1-21(19,20)12-8-9-17(10-12)15(18)14-7-6-11-4-2-3-5-13(11)16-14/h2-7,12H,8-10H2,1H3. The lowest BCUT2D eigenvalue weighted by molar-refractivity contribution is 0.0788. The van der Waals surface area contributed by atoms with Crippen LogP contribution in [0.1, 0.15) is 16.9 Å². The van der Waals surface area contributed by atoms with Gasteiger partial charge in [0.1, 0.15) is 5.69 Å². The molecule has 0 bridgehead atoms. The molecule has 0 aliphatic carbocycles. The van der Waals surface area contributed by atoms with Crippen LogP contribution in [0.3, 0.4) is 0 Å². The van der Waals surface area contributed by atoms with E-state index in [4.69, 9.17) is 0 Å². The Bertz CT molecular complexity index is 801. The lowest BCUT2D eigenvalue weighted by atomic mass is 10.2. The topological polar surface area (TPSA) is 67.3 Å². The van der Waals surface area contributed by atoms with E-state index in [9.17, 15) is 13.2 Å². The first-order chi connectivity index (χ1) is 9.95. The van der Waals surface area contributed by atoms with Crippen molar-refractivity contribution >= 4 is 26.6 Å². The first-order valence-corrected chi connectivity index (χ1v) is 8.74. The molecule has 1 aromatic heterocycles. The molecule has 1 aliphatic heterocycles. The van der Waals surface area contributed by atoms with Gasteiger partial charge in [-0.25, -0.2) is 13.4 Å². The molecule has 0 saturated carbocycles. The van der Waals surface area contributed by atoms with Crippen LogP contribution >= 0.6 is 0 Å². The molecule has 6 heteroatoms. The van der Waals surface area contributed by atoms with Crippen LogP contribution in [0.2, 0.25) is 0 Å². The lowest BCUT2D eigenvalue weighted by Crippen LogP contribution is -2.32. The Morgan fingerprint density at radius 1 is 1.24 bits per heavy atom. The molecule has 3 rings (SSSR count). The third kappa shape index (κ3) is 2.76. The fourth-order valence-electron chi connectivity index (χ4n) is 2.61. The predicted molar refractivity (Wildman–Crippen MR) is 80.9 cm³/mol. The smallest absolute Gasteiger partial charge is 0.272 e. The van der Waals surface area contributed by atoms with E-state index in [-0.39, 0.29) is 12.5 Å². The number of hydrogen-bond acceptors (Lipinski definition) is 4. The molecular formula is C15H16N2O3S. The average Bonchev–Trinajstić information content (AvgIpc) is 2.96. The lowest BCUT2D eigenvalue weighted by Gasteiger charge is -2.15. The van der Waals surface area contributed by atoms with Crippen molar-refractivity contribution in [2.24, 2.45) is 0 Å². The fraction of sp³-hybridized carbons (Fsp3) is 0.333. The zero-order valence-corrected chi connectivity index (χ0v) is 12.5. The number of carbonyl (C=O) groups excluding carboxylic acids is 1. The van der Waals surface area contributed by atoms with E-state index >= 15 is 0 Å². The maximum Gasteiger partial charge on any atom is 0.272 e. The maximum atomic E-state index is 12.4. The highest BCUT2D eigenvalue weighted by Crippen LogP contribution is 2.19. The minimum atomic E-state index is -3.10. The molecule has 1 aromatic carbocycles. The Balaban J connectivity index is 1.84. The van der Waals surface area contributed by atoms with E-state index < -0.39 is 15.1 Å². The van der Waals surface area contributed by atoms with E-state index in [1.807, 2.05) is 30.3 Å². The summed E-state index contributed by atoms with van der Waals surface area (Å²) in [6.07, 6.45) is 1.72. The summed E-state index contributed by atoms with van der Waals surface area (Å²) in [6.45, 7) is 0.719. The summed E-state index contributed by atoms with van der Waals surface area (Å²) in [6, 6.07) is 11.1. The van der Waals surface area contributed by atoms with Crippen LogP contribution in [0.5, 0.6) is 0 Å². The van der Waals surface area contributed by atoms with Gasteiger partial charge in [0, 0.05) is 24.7 Å². The molecule has 1 saturated heterocycles. The van der Waals surface area contributed by atoms with Crippen LogP contribution in [-0.2, 0) is 9.84 Å². The Morgan fingerprint density at radius 3 is 2.71 bits per heavy atom. The summed E-state index contributed by atoms with van der Waals surface area (Å²) in [5.74, 6) is -0.202. The molecule has 0 spiro atoms. The Hall–Kier alpha value is -1.95. The second kappa shape index (κ2) is 5.11. The van der Waals surface area contributed by atoms with Crippen molar-refractivity contribution in [1.82, 2.24) is 9.88 Å². The van der Waals surface area contributed by atoms with Gasteiger partial charge in [-0.2, -0.15) is 0 Å². The van der Waals surface area contributed by atoms with Gasteiger partial charge in [-0.3, -0.25) is 4.79 Å². The molecule has 2 heterocycles. The molecule has 1 amide bonds. The third-order valence-electron chi connectivity index (χ3n) is 3.86. The molecule has 0 N–H and O–H groups in total. The molecule has 21 heavy (non-hydrogen) atoms. The molecule has 1 aliphatic rings. The first kappa shape index (κ1) is 14.0. The summed E-state index contributed by atoms with van der Waals surface area (Å²) >= 11 is 0. The number of benzene rings is 1. The van der Waals surface area contributed by atoms with Gasteiger partial charge in [0.05, 0.1) is 10.8 Å². The van der Waals surface area contributed by atoms with Crippen molar-refractivity contribution in [3.05, 3.63) is 42.1 Å². The Labute approximate surface area is 123 Å². The Morgan fingerprint density at radius 2 is 2.00 bits per heavy atom. The summed E-state index contributed by atoms with van der Waals surface area (Å²) in [5, 5.41) is 0.520. The van der Waals surface area contributed by atoms with Crippen molar-refractivity contribution < 1.29 is 13.2 Å². The van der Waals surface area contributed by atoms with Crippen molar-refractivity contribution in [1.29, 1.82) is 0 Å². The van der Waals surface area contributed by atoms with Gasteiger partial charge in [-0.05, 0) is 18.6 Å². The number of pyridine rings is 1. The number of rotatable bonds is 2. The van der Waals surface area contributed by atoms with Crippen LogP contribution in [0.4, 0.5) is 0 Å². The first-order valence-electron chi connectivity index (χ1n) is 6.79. The number of hydrogen-bond donors (Lipinski definition) is 0. The largest absolute Gasteiger partial charge is 0.336 e. The van der Waals surface area contributed by atoms with E-state index in [0.29, 0.717) is 18.7 Å². The van der Waals surface area contributed by atoms with E-state index in [0.717, 1.165) is 10.9 Å². The van der Waals surface area contributed by atoms with Crippen LogP contribution < -0.4 is 0 Å². The zero-order valence-electron chi connectivity index (χ0n) is 11.7. The van der Waals surface area contributed by atoms with Gasteiger partial charge in [0.2, 0.25) is 0 Å². The van der Waals surface area contributed by atoms with Gasteiger partial charge in [0.25, 0.3) is 5.91 Å². The second-order valence-corrected chi connectivity index (χ2v) is 7.71. The second-order valence-electron chi connectivity index (χ2n) is 5.38. The van der Waals surface area contributed by atoms with Crippen LogP contribution in [-0.4, -0.2) is 48.8 Å². The molecule has 1 atom stereocenters. The van der Waals surface area contributed by atoms with Crippen LogP contribution in [0.15, 0.2) is 36.4 Å². The minimum absolute atomic E-state index is 0.202. The highest BCUT2D eigenvalue weighted by Gasteiger charge is 2.33. The zero-order chi connectivity index (χ0) is 15.0. The van der Waals surface area contributed by atoms with E-state index in [2.05, 4.69) is 4.98 Å². The number of fused-ring (bicyclic) bond motifs is 1. The average molecular weight is 304 g/mol. The third-order valence-corrected chi connectivity index (χ3v) is 5.45. The van der Waals surface area contributed by atoms with Crippen LogP contribution in [0, 0.1) is 0 Å². The highest BCUT2D eigenvalue weighted by atomic mass is 32.2. The summed E-state index contributed by atoms with van der Waals surface area (Å²) in [5.41, 5.74) is 1.13. The van der Waals surface area contributed by atoms with Gasteiger partial charge in [-0.1, -0.05) is 24.3 Å². The van der Waals surface area contributed by atoms with Crippen molar-refractivity contribution in [3.8, 4) is 0 Å². The fourth-order valence-corrected chi connectivity index (χ4v) is 3.59. The number of nitrogens with zero attached hydrogens (tertiary/aromatic N) is 2. The molecule has 1 fully saturated rings. The van der Waals surface area contributed by atoms with Crippen LogP contribution in [0.25, 0.3) is 10.9 Å². The minimum Gasteiger partial charge on any atom is -0.336 e. The van der Waals surface area contributed by atoms with Gasteiger partial charge in [-0.15, -0.1) is 0 Å². The number of aromatic nitrogens is 1. The highest BCUT2D eigenvalue weighted by molar-refractivity contribution is 7.91. The molecule has 110 valence electrons. The quantitative estimate of drug-likeness (QED) is 0.843. The predicted octanol–water partition coefficient (Wildman–Crippen LogP) is 1.49. The Kier molecular flexibility index (Phi) is 3.41. The number of amides is 1. The summed E-state index contributed by atoms with van der Waals surface area (Å²) in [4.78, 5) is 18.4. The molecule has 1 unspecified atom stereocenters. The van der Waals surface area contributed by atoms with E-state index in [1.54, 1.807) is 11.0 Å². The molecular weight excluding hydrogens is 288 g/mol. The maximum absolute atomic E-state index is 12.4. The SMILES string of the molecule is CS(=O)(=O)C1CCN(C(=O)c2ccc3ccccc3n2)C1. The normalized spacial score (nSPS) is 19.1. The van der Waals surface area contributed by atoms with Crippen molar-refractivity contribution in [2.45, 2.75) is 11.7 Å². The number of carbonyl (C=O) groups is 1. The van der Waals surface area contributed by atoms with Gasteiger partial charge >= 0.3 is 0 Å². The van der Waals surface area contributed by atoms with Crippen molar-refractivity contribution in [2.75, 3.05) is 19.3 Å². The van der Waals surface area contributed by atoms with Gasteiger partial charge < -0.3 is 4.90 Å². The number of para-hydroxylation sites is 1. The molecule has 0 radical (unpaired) electrons. The number of likely N-dealkylation sites (tertiary alicyclic amines) is 1. The molecule has 5 nitrogen and oxygen atoms in total. The summed E-state index contributed by atoms with van der Waals surface area (Å²) in [7, 11) is -3.10. The monoisotopic (exact) mass is 304 g/mol. The van der Waals surface area contributed by atoms with E-state index in [1.165, 1.54) is 6.26 Å².